The Morgan fingerprint density at radius 3 is 2.60 bits per heavy atom. The van der Waals surface area contributed by atoms with Gasteiger partial charge in [0.25, 0.3) is 0 Å². The molecular weight excluding hydrogens is 381 g/mol. The van der Waals surface area contributed by atoms with Crippen LogP contribution in [0.25, 0.3) is 0 Å². The lowest BCUT2D eigenvalue weighted by atomic mass is 10.1. The Bertz CT molecular complexity index is 745. The van der Waals surface area contributed by atoms with Gasteiger partial charge >= 0.3 is 15.5 Å². The topological polar surface area (TPSA) is 67.8 Å². The Hall–Kier alpha value is -1.48. The lowest BCUT2D eigenvalue weighted by molar-refractivity contribution is -0.0429. The highest BCUT2D eigenvalue weighted by Crippen LogP contribution is 2.29. The average Bonchev–Trinajstić information content (AvgIpc) is 3.01. The third kappa shape index (κ3) is 5.24. The molecule has 1 aliphatic rings. The van der Waals surface area contributed by atoms with Gasteiger partial charge in [0, 0.05) is 10.6 Å². The number of hydrogen-bond donors (Lipinski definition) is 1. The van der Waals surface area contributed by atoms with E-state index in [0.29, 0.717) is 12.5 Å². The highest BCUT2D eigenvalue weighted by atomic mass is 35.5. The van der Waals surface area contributed by atoms with Gasteiger partial charge < -0.3 is 4.84 Å². The SMILES string of the molecule is C/C(=N\OCC1CCCC1)c1cc(Cl)ccc1NS(=O)(=O)C(F)(F)F. The van der Waals surface area contributed by atoms with Crippen LogP contribution in [0.2, 0.25) is 5.02 Å². The molecule has 0 amide bonds. The van der Waals surface area contributed by atoms with E-state index in [0.717, 1.165) is 31.7 Å². The third-order valence-electron chi connectivity index (χ3n) is 3.91. The normalized spacial score (nSPS) is 16.9. The third-order valence-corrected chi connectivity index (χ3v) is 5.24. The lowest BCUT2D eigenvalue weighted by Gasteiger charge is -2.14. The molecule has 0 radical (unpaired) electrons. The summed E-state index contributed by atoms with van der Waals surface area (Å²) >= 11 is 5.86. The number of oxime groups is 1. The summed E-state index contributed by atoms with van der Waals surface area (Å²) in [5.74, 6) is 0.416. The fourth-order valence-electron chi connectivity index (χ4n) is 2.57. The van der Waals surface area contributed by atoms with E-state index < -0.39 is 15.5 Å². The maximum absolute atomic E-state index is 12.6. The largest absolute Gasteiger partial charge is 0.516 e. The lowest BCUT2D eigenvalue weighted by Crippen LogP contribution is -2.30. The van der Waals surface area contributed by atoms with Gasteiger partial charge in [-0.25, -0.2) is 0 Å². The van der Waals surface area contributed by atoms with Crippen molar-refractivity contribution in [2.75, 3.05) is 11.3 Å². The van der Waals surface area contributed by atoms with Crippen LogP contribution >= 0.6 is 11.6 Å². The molecule has 1 saturated carbocycles. The molecule has 0 unspecified atom stereocenters. The molecule has 0 heterocycles. The number of hydrogen-bond acceptors (Lipinski definition) is 4. The van der Waals surface area contributed by atoms with Crippen molar-refractivity contribution in [1.82, 2.24) is 0 Å². The van der Waals surface area contributed by atoms with Gasteiger partial charge in [0.05, 0.1) is 11.4 Å². The van der Waals surface area contributed by atoms with Crippen molar-refractivity contribution in [3.8, 4) is 0 Å². The molecule has 0 aromatic heterocycles. The van der Waals surface area contributed by atoms with E-state index in [1.807, 2.05) is 0 Å². The van der Waals surface area contributed by atoms with E-state index in [1.165, 1.54) is 23.8 Å². The van der Waals surface area contributed by atoms with Gasteiger partial charge in [-0.05, 0) is 43.9 Å². The van der Waals surface area contributed by atoms with Gasteiger partial charge in [0.2, 0.25) is 0 Å². The zero-order chi connectivity index (χ0) is 18.7. The molecule has 1 N–H and O–H groups in total. The summed E-state index contributed by atoms with van der Waals surface area (Å²) in [6.07, 6.45) is 4.41. The Balaban J connectivity index is 2.19. The fourth-order valence-corrected chi connectivity index (χ4v) is 3.33. The Kier molecular flexibility index (Phi) is 6.21. The van der Waals surface area contributed by atoms with E-state index >= 15 is 0 Å². The molecule has 0 saturated heterocycles. The van der Waals surface area contributed by atoms with E-state index in [-0.39, 0.29) is 22.0 Å². The highest BCUT2D eigenvalue weighted by molar-refractivity contribution is 7.93. The van der Waals surface area contributed by atoms with Crippen LogP contribution in [0.15, 0.2) is 23.4 Å². The second kappa shape index (κ2) is 7.82. The molecule has 1 fully saturated rings. The van der Waals surface area contributed by atoms with Gasteiger partial charge in [-0.2, -0.15) is 21.6 Å². The summed E-state index contributed by atoms with van der Waals surface area (Å²) in [4.78, 5) is 5.27. The van der Waals surface area contributed by atoms with Crippen molar-refractivity contribution in [1.29, 1.82) is 0 Å². The average molecular weight is 399 g/mol. The summed E-state index contributed by atoms with van der Waals surface area (Å²) in [5.41, 5.74) is -5.35. The van der Waals surface area contributed by atoms with Gasteiger partial charge in [0.1, 0.15) is 6.61 Å². The van der Waals surface area contributed by atoms with Crippen molar-refractivity contribution in [3.05, 3.63) is 28.8 Å². The summed E-state index contributed by atoms with van der Waals surface area (Å²) in [7, 11) is -5.54. The molecule has 0 spiro atoms. The molecule has 2 rings (SSSR count). The molecule has 5 nitrogen and oxygen atoms in total. The van der Waals surface area contributed by atoms with Crippen molar-refractivity contribution < 1.29 is 26.4 Å². The molecule has 1 aromatic carbocycles. The predicted molar refractivity (Wildman–Crippen MR) is 90.2 cm³/mol. The molecule has 1 aliphatic carbocycles. The maximum atomic E-state index is 12.6. The monoisotopic (exact) mass is 398 g/mol. The van der Waals surface area contributed by atoms with E-state index in [2.05, 4.69) is 5.16 Å². The second-order valence-electron chi connectivity index (χ2n) is 5.86. The quantitative estimate of drug-likeness (QED) is 0.565. The molecule has 0 bridgehead atoms. The van der Waals surface area contributed by atoms with Gasteiger partial charge in [-0.15, -0.1) is 0 Å². The first-order valence-corrected chi connectivity index (χ1v) is 9.52. The molecule has 25 heavy (non-hydrogen) atoms. The summed E-state index contributed by atoms with van der Waals surface area (Å²) in [5, 5.41) is 4.13. The highest BCUT2D eigenvalue weighted by Gasteiger charge is 2.46. The molecular formula is C15H18ClF3N2O3S. The number of nitrogens with one attached hydrogen (secondary N) is 1. The van der Waals surface area contributed by atoms with Gasteiger partial charge in [-0.1, -0.05) is 29.6 Å². The maximum Gasteiger partial charge on any atom is 0.516 e. The zero-order valence-corrected chi connectivity index (χ0v) is 15.0. The Labute approximate surface area is 149 Å². The predicted octanol–water partition coefficient (Wildman–Crippen LogP) is 4.53. The molecule has 0 atom stereocenters. The van der Waals surface area contributed by atoms with Crippen LogP contribution in [-0.2, 0) is 14.9 Å². The minimum absolute atomic E-state index is 0.117. The molecule has 10 heteroatoms. The number of benzene rings is 1. The van der Waals surface area contributed by atoms with E-state index in [9.17, 15) is 21.6 Å². The van der Waals surface area contributed by atoms with Gasteiger partial charge in [-0.3, -0.25) is 4.72 Å². The first kappa shape index (κ1) is 19.8. The van der Waals surface area contributed by atoms with Crippen molar-refractivity contribution >= 4 is 33.0 Å². The Morgan fingerprint density at radius 1 is 1.36 bits per heavy atom. The molecule has 1 aromatic rings. The van der Waals surface area contributed by atoms with Crippen LogP contribution < -0.4 is 4.72 Å². The van der Waals surface area contributed by atoms with Crippen LogP contribution in [0.4, 0.5) is 18.9 Å². The van der Waals surface area contributed by atoms with E-state index in [4.69, 9.17) is 16.4 Å². The summed E-state index contributed by atoms with van der Waals surface area (Å²) in [6.45, 7) is 1.92. The van der Waals surface area contributed by atoms with Crippen LogP contribution in [0.5, 0.6) is 0 Å². The number of halogens is 4. The fraction of sp³-hybridized carbons (Fsp3) is 0.533. The van der Waals surface area contributed by atoms with Gasteiger partial charge in [0.15, 0.2) is 0 Å². The smallest absolute Gasteiger partial charge is 0.395 e. The Morgan fingerprint density at radius 2 is 2.00 bits per heavy atom. The second-order valence-corrected chi connectivity index (χ2v) is 7.97. The number of rotatable bonds is 6. The minimum atomic E-state index is -5.54. The van der Waals surface area contributed by atoms with Crippen molar-refractivity contribution in [2.45, 2.75) is 38.1 Å². The first-order valence-electron chi connectivity index (χ1n) is 7.66. The van der Waals surface area contributed by atoms with Crippen molar-refractivity contribution in [2.24, 2.45) is 11.1 Å². The van der Waals surface area contributed by atoms with Crippen LogP contribution in [0, 0.1) is 5.92 Å². The first-order chi connectivity index (χ1) is 11.6. The minimum Gasteiger partial charge on any atom is -0.395 e. The van der Waals surface area contributed by atoms with E-state index in [1.54, 1.807) is 0 Å². The number of anilines is 1. The zero-order valence-electron chi connectivity index (χ0n) is 13.4. The molecule has 140 valence electrons. The van der Waals surface area contributed by atoms with Crippen LogP contribution in [-0.4, -0.2) is 26.2 Å². The summed E-state index contributed by atoms with van der Waals surface area (Å²) < 4.78 is 61.9. The number of nitrogens with zero attached hydrogens (tertiary/aromatic N) is 1. The number of alkyl halides is 3. The molecule has 0 aliphatic heterocycles. The summed E-state index contributed by atoms with van der Waals surface area (Å²) in [6, 6.07) is 3.76. The van der Waals surface area contributed by atoms with Crippen LogP contribution in [0.3, 0.4) is 0 Å². The van der Waals surface area contributed by atoms with Crippen molar-refractivity contribution in [3.63, 3.8) is 0 Å². The van der Waals surface area contributed by atoms with Crippen LogP contribution in [0.1, 0.15) is 38.2 Å². The number of sulfonamides is 1. The standard InChI is InChI=1S/C15H18ClF3N2O3S/c1-10(20-24-9-11-4-2-3-5-11)13-8-12(16)6-7-14(13)21-25(22,23)15(17,18)19/h6-8,11,21H,2-5,9H2,1H3/b20-10+.